The Kier molecular flexibility index (Phi) is 29.5. The van der Waals surface area contributed by atoms with Gasteiger partial charge in [-0.15, -0.1) is 20.4 Å². The molecule has 0 aliphatic carbocycles. The molecule has 125 heavy (non-hydrogen) atoms. The normalized spacial score (nSPS) is 11.3. The summed E-state index contributed by atoms with van der Waals surface area (Å²) in [6, 6.07) is 47.6. The van der Waals surface area contributed by atoms with Crippen molar-refractivity contribution < 1.29 is 43.2 Å². The van der Waals surface area contributed by atoms with Gasteiger partial charge in [0.25, 0.3) is 0 Å². The van der Waals surface area contributed by atoms with E-state index in [1.54, 1.807) is 56.3 Å². The number of nitrogens with two attached hydrogens (primary N) is 10. The number of aromatic nitrogens is 20. The first-order chi connectivity index (χ1) is 59.6. The van der Waals surface area contributed by atoms with Crippen LogP contribution in [0.1, 0.15) is 28.3 Å². The van der Waals surface area contributed by atoms with E-state index in [4.69, 9.17) is 59.7 Å². The molecule has 29 N–H and O–H groups in total. The van der Waals surface area contributed by atoms with Gasteiger partial charge in [0.05, 0.1) is 19.6 Å². The van der Waals surface area contributed by atoms with Gasteiger partial charge in [-0.2, -0.15) is 38.7 Å². The number of nitrogen functional groups attached to an aromatic ring is 4. The number of rotatable bonds is 31. The van der Waals surface area contributed by atoms with Gasteiger partial charge in [-0.25, -0.2) is 98.9 Å². The first-order valence-corrected chi connectivity index (χ1v) is 43.0. The average Bonchev–Trinajstić information content (AvgIpc) is 1.66. The Morgan fingerprint density at radius 3 is 1.13 bits per heavy atom. The second-order valence-corrected chi connectivity index (χ2v) is 32.3. The number of carbonyl (C=O) groups is 1. The van der Waals surface area contributed by atoms with E-state index < -0.39 is 46.2 Å². The number of ether oxygens (including phenoxy) is 1. The molecule has 0 saturated heterocycles. The number of carbonyl (C=O) groups excluding carboxylic acids is 1. The molecule has 0 radical (unpaired) electrons. The molecular weight excluding hydrogens is 1700 g/mol. The van der Waals surface area contributed by atoms with E-state index in [1.165, 1.54) is 104 Å². The lowest BCUT2D eigenvalue weighted by molar-refractivity contribution is 0.140. The van der Waals surface area contributed by atoms with Gasteiger partial charge in [0.1, 0.15) is 54.2 Å². The number of alkyl carbamates (subject to hydrolysis) is 1. The fourth-order valence-electron chi connectivity index (χ4n) is 10.8. The van der Waals surface area contributed by atoms with Crippen LogP contribution in [-0.4, -0.2) is 178 Å². The van der Waals surface area contributed by atoms with Gasteiger partial charge >= 0.3 is 6.09 Å². The third-order valence-electron chi connectivity index (χ3n) is 16.6. The van der Waals surface area contributed by atoms with E-state index >= 15 is 0 Å². The minimum Gasteiger partial charge on any atom is -0.445 e. The maximum Gasteiger partial charge on any atom is 0.407 e. The minimum atomic E-state index is -3.80. The summed E-state index contributed by atoms with van der Waals surface area (Å²) in [7, 11) is -15.1. The Balaban J connectivity index is 0.000000163. The molecule has 0 spiro atoms. The average molecular weight is 1790 g/mol. The number of amides is 1. The third kappa shape index (κ3) is 26.1. The lowest BCUT2D eigenvalue weighted by Gasteiger charge is -2.11. The zero-order valence-corrected chi connectivity index (χ0v) is 69.8. The van der Waals surface area contributed by atoms with Crippen LogP contribution in [0.5, 0.6) is 0 Å². The van der Waals surface area contributed by atoms with Crippen LogP contribution in [0.15, 0.2) is 208 Å². The quantitative estimate of drug-likeness (QED) is 0.0278. The fourth-order valence-corrected chi connectivity index (χ4v) is 12.9. The first-order valence-electron chi connectivity index (χ1n) is 36.8. The van der Waals surface area contributed by atoms with E-state index in [0.717, 1.165) is 16.7 Å². The van der Waals surface area contributed by atoms with Gasteiger partial charge < -0.3 is 87.0 Å². The highest BCUT2D eigenvalue weighted by Crippen LogP contribution is 2.27. The molecule has 652 valence electrons. The summed E-state index contributed by atoms with van der Waals surface area (Å²) in [4.78, 5) is 62.7. The Bertz CT molecular complexity index is 6520. The molecule has 8 aromatic heterocycles. The van der Waals surface area contributed by atoms with Gasteiger partial charge in [0.15, 0.2) is 23.3 Å². The molecular formula is C72H85N39O10S4. The first kappa shape index (κ1) is 90.4. The number of hydrogen-bond donors (Lipinski definition) is 19. The van der Waals surface area contributed by atoms with Crippen molar-refractivity contribution in [2.45, 2.75) is 53.5 Å². The van der Waals surface area contributed by atoms with Crippen molar-refractivity contribution in [3.05, 3.63) is 217 Å². The van der Waals surface area contributed by atoms with Crippen molar-refractivity contribution in [2.75, 3.05) is 105 Å². The predicted molar refractivity (Wildman–Crippen MR) is 466 cm³/mol. The molecule has 53 heteroatoms. The summed E-state index contributed by atoms with van der Waals surface area (Å²) < 4.78 is 101. The zero-order valence-electron chi connectivity index (χ0n) is 66.5. The zero-order chi connectivity index (χ0) is 89.6. The highest BCUT2D eigenvalue weighted by Gasteiger charge is 2.21. The molecule has 49 nitrogen and oxygen atoms in total. The molecule has 0 atom stereocenters. The van der Waals surface area contributed by atoms with Gasteiger partial charge in [-0.3, -0.25) is 0 Å². The second-order valence-electron chi connectivity index (χ2n) is 26.0. The molecule has 0 aliphatic heterocycles. The van der Waals surface area contributed by atoms with E-state index in [0.29, 0.717) is 127 Å². The number of nitrogens with one attached hydrogen (secondary N) is 9. The maximum atomic E-state index is 11.9. The third-order valence-corrected chi connectivity index (χ3v) is 20.3. The second kappa shape index (κ2) is 40.8. The molecule has 14 rings (SSSR count). The van der Waals surface area contributed by atoms with E-state index in [9.17, 15) is 38.5 Å². The molecule has 8 heterocycles. The van der Waals surface area contributed by atoms with Crippen LogP contribution in [0.4, 0.5) is 98.4 Å². The van der Waals surface area contributed by atoms with Gasteiger partial charge in [0, 0.05) is 92.3 Å². The number of anilines is 16. The molecule has 14 aromatic rings. The number of nitrogens with zero attached hydrogens (tertiary/aromatic N) is 20. The highest BCUT2D eigenvalue weighted by atomic mass is 32.2. The summed E-state index contributed by atoms with van der Waals surface area (Å²) in [5, 5.41) is 64.6. The largest absolute Gasteiger partial charge is 0.445 e. The molecule has 1 amide bonds. The van der Waals surface area contributed by atoms with Gasteiger partial charge in [0.2, 0.25) is 87.7 Å². The molecule has 0 saturated carbocycles. The smallest absolute Gasteiger partial charge is 0.407 e. The Hall–Kier alpha value is -15.4. The molecule has 0 unspecified atom stereocenters. The van der Waals surface area contributed by atoms with Crippen molar-refractivity contribution in [2.24, 2.45) is 32.0 Å². The molecule has 0 fully saturated rings. The van der Waals surface area contributed by atoms with Crippen LogP contribution in [0.3, 0.4) is 0 Å². The number of sulfonamides is 4. The monoisotopic (exact) mass is 1780 g/mol. The number of hydrogen-bond acceptors (Lipinski definition) is 40. The van der Waals surface area contributed by atoms with Crippen LogP contribution in [0.25, 0.3) is 23.3 Å². The van der Waals surface area contributed by atoms with E-state index in [2.05, 4.69) is 128 Å². The lowest BCUT2D eigenvalue weighted by atomic mass is 10.2. The Morgan fingerprint density at radius 1 is 0.376 bits per heavy atom. The molecule has 0 bridgehead atoms. The van der Waals surface area contributed by atoms with Gasteiger partial charge in [-0.05, 0) is 129 Å². The summed E-state index contributed by atoms with van der Waals surface area (Å²) in [5.41, 5.74) is 39.9. The van der Waals surface area contributed by atoms with E-state index in [1.807, 2.05) is 67.6 Å². The van der Waals surface area contributed by atoms with Crippen LogP contribution in [-0.2, 0) is 58.0 Å². The Labute approximate surface area is 713 Å². The minimum absolute atomic E-state index is 0.00421. The van der Waals surface area contributed by atoms with Crippen molar-refractivity contribution in [1.82, 2.24) is 104 Å². The summed E-state index contributed by atoms with van der Waals surface area (Å²) in [5.74, 6) is 6.29. The topological polar surface area (TPSA) is 757 Å². The Morgan fingerprint density at radius 2 is 0.728 bits per heavy atom. The number of aryl methyl sites for hydroxylation is 2. The molecule has 0 aliphatic rings. The standard InChI is InChI=1S/C23H26N10O4S.C20H21N9O2S.C15H20N10O2S.C14H18N10O2S/c1-15-28-19(26-11-12-27-23(34)37-14-16-5-3-2-4-6-16)13-20(29-15)33-21(24)31-22(32-33)30-17-7-9-18(10-8-17)38(25,35)36;1-13-17(23-11-14-5-3-2-4-6-14)24-12-25-18(13)29-19(21)27-20(28-29)26-15-7-9-16(10-8-15)32(22,30)31;1-9-20-12(19-7-6-16)8-13(21-9)25-14(17)23-15(24-25)22-10-2-4-11(5-3-10)28(18,26)27;15-5-6-18-11-7-12(20-8-19-11)24-13(16)22-14(23-24)21-9-1-3-10(4-2-9)27(17,25)26/h2-10,13H,11-12,14H2,1H3,(H,27,34)(H2,25,35,36)(H,26,28,29)(H3,24,30,31,32);2-10,12H,11H2,1H3,(H2,22,30,31)(H,23,24,25)(H3,21,26,27,28);2-5,8H,6-7,16H2,1H3,(H2,18,26,27)(H,19,20,21)(H3,17,22,23,24);1-4,7-8H,5-6,15H2,(H2,17,25,26)(H,18,19,20)(H3,16,21,22,23). The van der Waals surface area contributed by atoms with Crippen molar-refractivity contribution in [1.29, 1.82) is 0 Å². The van der Waals surface area contributed by atoms with Crippen LogP contribution < -0.4 is 103 Å². The maximum absolute atomic E-state index is 11.9. The summed E-state index contributed by atoms with van der Waals surface area (Å²) in [6.45, 7) is 8.84. The van der Waals surface area contributed by atoms with Gasteiger partial charge in [-0.1, -0.05) is 60.7 Å². The van der Waals surface area contributed by atoms with Crippen LogP contribution >= 0.6 is 0 Å². The van der Waals surface area contributed by atoms with Crippen molar-refractivity contribution in [3.63, 3.8) is 0 Å². The summed E-state index contributed by atoms with van der Waals surface area (Å²) >= 11 is 0. The lowest BCUT2D eigenvalue weighted by Crippen LogP contribution is -2.29. The SMILES string of the molecule is Cc1c(NCc2ccccc2)ncnc1-n1nc(Nc2ccc(S(N)(=O)=O)cc2)nc1N.Cc1nc(NCCN)cc(-n2nc(Nc3ccc(S(N)(=O)=O)cc3)nc2N)n1.Cc1nc(NCCNC(=O)OCc2ccccc2)cc(-n2nc(Nc3ccc(S(N)(=O)=O)cc3)nc2N)n1.NCCNc1cc(-n2nc(Nc3ccc(S(N)(=O)=O)cc3)nc2N)ncn1. The molecule has 6 aromatic carbocycles. The predicted octanol–water partition coefficient (Wildman–Crippen LogP) is 2.74. The summed E-state index contributed by atoms with van der Waals surface area (Å²) in [6.07, 6.45) is 2.27. The van der Waals surface area contributed by atoms with Crippen molar-refractivity contribution in [3.8, 4) is 23.3 Å². The number of benzene rings is 6. The highest BCUT2D eigenvalue weighted by molar-refractivity contribution is 7.90. The van der Waals surface area contributed by atoms with Crippen LogP contribution in [0, 0.1) is 20.8 Å². The van der Waals surface area contributed by atoms with Crippen LogP contribution in [0.2, 0.25) is 0 Å². The van der Waals surface area contributed by atoms with E-state index in [-0.39, 0.29) is 73.8 Å². The fraction of sp³-hybridized carbons (Fsp3) is 0.153. The van der Waals surface area contributed by atoms with Crippen molar-refractivity contribution >= 4 is 140 Å². The number of primary sulfonamides is 4.